The summed E-state index contributed by atoms with van der Waals surface area (Å²) in [4.78, 5) is 0. The quantitative estimate of drug-likeness (QED) is 0.824. The van der Waals surface area contributed by atoms with Crippen LogP contribution >= 0.6 is 0 Å². The summed E-state index contributed by atoms with van der Waals surface area (Å²) in [7, 11) is 0. The number of H-pyrrole nitrogens is 1. The van der Waals surface area contributed by atoms with Gasteiger partial charge in [-0.25, -0.2) is 4.39 Å². The molecule has 2 aromatic rings. The molecule has 0 amide bonds. The molecule has 96 valence electrons. The van der Waals surface area contributed by atoms with Crippen molar-refractivity contribution in [3.8, 4) is 0 Å². The molecule has 2 rings (SSSR count). The number of benzene rings is 1. The average Bonchev–Trinajstić information content (AvgIpc) is 2.88. The Kier molecular flexibility index (Phi) is 4.41. The first-order valence-electron chi connectivity index (χ1n) is 6.13. The largest absolute Gasteiger partial charge is 0.308 e. The second kappa shape index (κ2) is 6.26. The second-order valence-corrected chi connectivity index (χ2v) is 4.24. The molecule has 0 fully saturated rings. The maximum Gasteiger partial charge on any atom is 0.123 e. The summed E-state index contributed by atoms with van der Waals surface area (Å²) in [6.45, 7) is 3.00. The Balaban J connectivity index is 2.10. The minimum absolute atomic E-state index is 0.0606. The zero-order chi connectivity index (χ0) is 12.8. The number of aromatic amines is 1. The fourth-order valence-electron chi connectivity index (χ4n) is 1.88. The van der Waals surface area contributed by atoms with Crippen molar-refractivity contribution in [2.45, 2.75) is 25.8 Å². The zero-order valence-corrected chi connectivity index (χ0v) is 10.4. The van der Waals surface area contributed by atoms with E-state index in [2.05, 4.69) is 27.7 Å². The molecule has 0 saturated carbocycles. The Morgan fingerprint density at radius 3 is 3.00 bits per heavy atom. The van der Waals surface area contributed by atoms with Crippen molar-refractivity contribution in [3.63, 3.8) is 0 Å². The number of rotatable bonds is 6. The normalized spacial score (nSPS) is 12.6. The molecule has 1 aromatic carbocycles. The van der Waals surface area contributed by atoms with E-state index in [1.807, 2.05) is 6.07 Å². The van der Waals surface area contributed by atoms with Gasteiger partial charge in [0.05, 0.1) is 17.9 Å². The maximum atomic E-state index is 13.2. The standard InChI is InChI=1S/C13H17FN4/c1-2-6-15-12(13-9-16-18-17-13)8-10-4-3-5-11(14)7-10/h3-5,7,9,12,15H,2,6,8H2,1H3,(H,16,17,18). The van der Waals surface area contributed by atoms with Crippen molar-refractivity contribution >= 4 is 0 Å². The van der Waals surface area contributed by atoms with Crippen LogP contribution in [0.1, 0.15) is 30.6 Å². The molecule has 5 heteroatoms. The predicted octanol–water partition coefficient (Wildman–Crippen LogP) is 2.23. The van der Waals surface area contributed by atoms with Crippen LogP contribution in [-0.2, 0) is 6.42 Å². The zero-order valence-electron chi connectivity index (χ0n) is 10.4. The number of hydrogen-bond donors (Lipinski definition) is 2. The lowest BCUT2D eigenvalue weighted by atomic mass is 10.0. The van der Waals surface area contributed by atoms with Gasteiger partial charge in [-0.2, -0.15) is 15.4 Å². The molecule has 18 heavy (non-hydrogen) atoms. The Bertz CT molecular complexity index is 470. The van der Waals surface area contributed by atoms with Gasteiger partial charge in [0, 0.05) is 0 Å². The van der Waals surface area contributed by atoms with Crippen molar-refractivity contribution in [3.05, 3.63) is 47.5 Å². The van der Waals surface area contributed by atoms with Crippen LogP contribution in [0.25, 0.3) is 0 Å². The molecule has 1 aromatic heterocycles. The summed E-state index contributed by atoms with van der Waals surface area (Å²) < 4.78 is 13.2. The molecule has 4 nitrogen and oxygen atoms in total. The number of halogens is 1. The van der Waals surface area contributed by atoms with Gasteiger partial charge in [0.25, 0.3) is 0 Å². The lowest BCUT2D eigenvalue weighted by Crippen LogP contribution is -2.24. The van der Waals surface area contributed by atoms with E-state index in [1.54, 1.807) is 18.3 Å². The SMILES string of the molecule is CCCNC(Cc1cccc(F)c1)c1cn[nH]n1. The Morgan fingerprint density at radius 1 is 1.44 bits per heavy atom. The third-order valence-corrected chi connectivity index (χ3v) is 2.76. The van der Waals surface area contributed by atoms with Gasteiger partial charge in [-0.3, -0.25) is 0 Å². The minimum atomic E-state index is -0.207. The van der Waals surface area contributed by atoms with Gasteiger partial charge in [-0.15, -0.1) is 0 Å². The fourth-order valence-corrected chi connectivity index (χ4v) is 1.88. The van der Waals surface area contributed by atoms with Gasteiger partial charge in [-0.05, 0) is 37.1 Å². The first-order valence-corrected chi connectivity index (χ1v) is 6.13. The molecule has 0 radical (unpaired) electrons. The number of nitrogens with one attached hydrogen (secondary N) is 2. The van der Waals surface area contributed by atoms with Crippen molar-refractivity contribution in [1.29, 1.82) is 0 Å². The second-order valence-electron chi connectivity index (χ2n) is 4.24. The summed E-state index contributed by atoms with van der Waals surface area (Å²) in [5.74, 6) is -0.207. The van der Waals surface area contributed by atoms with Crippen molar-refractivity contribution in [2.75, 3.05) is 6.54 Å². The van der Waals surface area contributed by atoms with E-state index in [0.29, 0.717) is 6.42 Å². The van der Waals surface area contributed by atoms with Gasteiger partial charge in [0.2, 0.25) is 0 Å². The predicted molar refractivity (Wildman–Crippen MR) is 67.5 cm³/mol. The molecule has 0 saturated heterocycles. The van der Waals surface area contributed by atoms with Gasteiger partial charge in [0.1, 0.15) is 5.82 Å². The van der Waals surface area contributed by atoms with Gasteiger partial charge >= 0.3 is 0 Å². The van der Waals surface area contributed by atoms with Crippen LogP contribution in [0, 0.1) is 5.82 Å². The number of hydrogen-bond acceptors (Lipinski definition) is 3. The molecule has 0 bridgehead atoms. The van der Waals surface area contributed by atoms with E-state index in [1.165, 1.54) is 6.07 Å². The molecule has 2 N–H and O–H groups in total. The summed E-state index contributed by atoms with van der Waals surface area (Å²) in [6.07, 6.45) is 3.44. The third kappa shape index (κ3) is 3.37. The van der Waals surface area contributed by atoms with Crippen LogP contribution in [0.5, 0.6) is 0 Å². The minimum Gasteiger partial charge on any atom is -0.308 e. The van der Waals surface area contributed by atoms with E-state index >= 15 is 0 Å². The Hall–Kier alpha value is -1.75. The van der Waals surface area contributed by atoms with Crippen LogP contribution in [-0.4, -0.2) is 22.0 Å². The summed E-state index contributed by atoms with van der Waals surface area (Å²) in [5, 5.41) is 13.9. The smallest absolute Gasteiger partial charge is 0.123 e. The van der Waals surface area contributed by atoms with Crippen molar-refractivity contribution in [2.24, 2.45) is 0 Å². The van der Waals surface area contributed by atoms with Crippen LogP contribution in [0.4, 0.5) is 4.39 Å². The highest BCUT2D eigenvalue weighted by molar-refractivity contribution is 5.19. The lowest BCUT2D eigenvalue weighted by Gasteiger charge is -2.16. The molecule has 1 heterocycles. The molecular formula is C13H17FN4. The Morgan fingerprint density at radius 2 is 2.33 bits per heavy atom. The summed E-state index contributed by atoms with van der Waals surface area (Å²) in [5.41, 5.74) is 1.80. The van der Waals surface area contributed by atoms with E-state index in [0.717, 1.165) is 24.2 Å². The molecule has 0 aliphatic carbocycles. The van der Waals surface area contributed by atoms with E-state index < -0.39 is 0 Å². The fraction of sp³-hybridized carbons (Fsp3) is 0.385. The highest BCUT2D eigenvalue weighted by Crippen LogP contribution is 2.16. The van der Waals surface area contributed by atoms with Crippen LogP contribution < -0.4 is 5.32 Å². The number of aromatic nitrogens is 3. The monoisotopic (exact) mass is 248 g/mol. The maximum absolute atomic E-state index is 13.2. The van der Waals surface area contributed by atoms with Gasteiger partial charge < -0.3 is 5.32 Å². The number of nitrogens with zero attached hydrogens (tertiary/aromatic N) is 2. The topological polar surface area (TPSA) is 53.6 Å². The molecule has 0 aliphatic heterocycles. The van der Waals surface area contributed by atoms with E-state index in [-0.39, 0.29) is 11.9 Å². The molecule has 0 aliphatic rings. The van der Waals surface area contributed by atoms with Crippen LogP contribution in [0.15, 0.2) is 30.5 Å². The molecule has 1 atom stereocenters. The molecular weight excluding hydrogens is 231 g/mol. The summed E-state index contributed by atoms with van der Waals surface area (Å²) >= 11 is 0. The van der Waals surface area contributed by atoms with Crippen LogP contribution in [0.2, 0.25) is 0 Å². The van der Waals surface area contributed by atoms with Crippen molar-refractivity contribution < 1.29 is 4.39 Å². The lowest BCUT2D eigenvalue weighted by molar-refractivity contribution is 0.515. The van der Waals surface area contributed by atoms with Gasteiger partial charge in [-0.1, -0.05) is 19.1 Å². The van der Waals surface area contributed by atoms with E-state index in [4.69, 9.17) is 0 Å². The van der Waals surface area contributed by atoms with Gasteiger partial charge in [0.15, 0.2) is 0 Å². The first-order chi connectivity index (χ1) is 8.79. The first kappa shape index (κ1) is 12.7. The average molecular weight is 248 g/mol. The highest BCUT2D eigenvalue weighted by Gasteiger charge is 2.14. The Labute approximate surface area is 106 Å². The van der Waals surface area contributed by atoms with Crippen LogP contribution in [0.3, 0.4) is 0 Å². The molecule has 1 unspecified atom stereocenters. The summed E-state index contributed by atoms with van der Waals surface area (Å²) in [6, 6.07) is 6.72. The third-order valence-electron chi connectivity index (χ3n) is 2.76. The van der Waals surface area contributed by atoms with E-state index in [9.17, 15) is 4.39 Å². The highest BCUT2D eigenvalue weighted by atomic mass is 19.1. The van der Waals surface area contributed by atoms with Crippen molar-refractivity contribution in [1.82, 2.24) is 20.7 Å². The molecule has 0 spiro atoms.